The Balaban J connectivity index is 1.84. The highest BCUT2D eigenvalue weighted by Crippen LogP contribution is 2.48. The summed E-state index contributed by atoms with van der Waals surface area (Å²) in [4.78, 5) is 24.8. The summed E-state index contributed by atoms with van der Waals surface area (Å²) in [6, 6.07) is 7.96. The molecule has 0 spiro atoms. The molecular weight excluding hydrogens is 386 g/mol. The highest BCUT2D eigenvalue weighted by Gasteiger charge is 2.71. The Kier molecular flexibility index (Phi) is 3.79. The number of nitrogens with zero attached hydrogens (tertiary/aromatic N) is 1. The van der Waals surface area contributed by atoms with Crippen molar-refractivity contribution in [3.8, 4) is 0 Å². The average Bonchev–Trinajstić information content (AvgIpc) is 2.66. The summed E-state index contributed by atoms with van der Waals surface area (Å²) in [5.41, 5.74) is 0.796. The summed E-state index contributed by atoms with van der Waals surface area (Å²) in [5.74, 6) is -1.09. The Morgan fingerprint density at radius 2 is 1.91 bits per heavy atom. The Labute approximate surface area is 142 Å². The van der Waals surface area contributed by atoms with Gasteiger partial charge in [-0.2, -0.15) is 0 Å². The first-order valence-electron chi connectivity index (χ1n) is 7.10. The van der Waals surface area contributed by atoms with E-state index in [2.05, 4.69) is 15.9 Å². The second-order valence-corrected chi connectivity index (χ2v) is 9.79. The molecule has 1 aromatic rings. The Bertz CT molecular complexity index is 761. The molecule has 2 aliphatic rings. The van der Waals surface area contributed by atoms with Gasteiger partial charge in [-0.05, 0) is 19.4 Å². The molecule has 0 radical (unpaired) electrons. The highest BCUT2D eigenvalue weighted by atomic mass is 79.9. The van der Waals surface area contributed by atoms with E-state index in [0.29, 0.717) is 0 Å². The molecule has 2 fully saturated rings. The van der Waals surface area contributed by atoms with Crippen molar-refractivity contribution in [2.75, 3.05) is 0 Å². The van der Waals surface area contributed by atoms with Crippen molar-refractivity contribution in [3.63, 3.8) is 0 Å². The minimum Gasteiger partial charge on any atom is -0.459 e. The number of esters is 1. The van der Waals surface area contributed by atoms with Gasteiger partial charge in [0, 0.05) is 0 Å². The number of sulfone groups is 1. The third kappa shape index (κ3) is 2.22. The SMILES string of the molecule is CC1(C)[C@H](C(=O)OCc2ccccc2)N2C(=O)C(Br)[C@H]2S1(=O)=O. The molecule has 2 saturated heterocycles. The molecule has 2 aliphatic heterocycles. The number of carbonyl (C=O) groups is 2. The molecule has 0 saturated carbocycles. The van der Waals surface area contributed by atoms with Crippen LogP contribution in [-0.4, -0.2) is 46.2 Å². The fraction of sp³-hybridized carbons (Fsp3) is 0.467. The Hall–Kier alpha value is -1.41. The molecule has 3 atom stereocenters. The lowest BCUT2D eigenvalue weighted by atomic mass is 9.98. The topological polar surface area (TPSA) is 80.8 Å². The molecule has 0 aromatic heterocycles. The largest absolute Gasteiger partial charge is 0.459 e. The maximum atomic E-state index is 12.6. The van der Waals surface area contributed by atoms with Crippen LogP contribution in [0.2, 0.25) is 0 Å². The number of halogens is 1. The minimum atomic E-state index is -3.67. The average molecular weight is 402 g/mol. The molecule has 0 N–H and O–H groups in total. The van der Waals surface area contributed by atoms with E-state index < -0.39 is 42.7 Å². The van der Waals surface area contributed by atoms with Crippen molar-refractivity contribution < 1.29 is 22.7 Å². The second-order valence-electron chi connectivity index (χ2n) is 6.18. The standard InChI is InChI=1S/C15H16BrNO5S/c1-15(2)11(14(19)22-8-9-6-4-3-5-7-9)17-12(18)10(16)13(17)23(15,20)21/h3-7,10-11,13H,8H2,1-2H3/t10?,11-,13+/m0/s1. The van der Waals surface area contributed by atoms with Crippen LogP contribution in [0.3, 0.4) is 0 Å². The normalized spacial score (nSPS) is 30.5. The van der Waals surface area contributed by atoms with Crippen LogP contribution in [0.5, 0.6) is 0 Å². The predicted octanol–water partition coefficient (Wildman–Crippen LogP) is 1.24. The van der Waals surface area contributed by atoms with Crippen LogP contribution >= 0.6 is 15.9 Å². The van der Waals surface area contributed by atoms with E-state index in [1.165, 1.54) is 13.8 Å². The predicted molar refractivity (Wildman–Crippen MR) is 86.4 cm³/mol. The maximum Gasteiger partial charge on any atom is 0.330 e. The molecule has 0 aliphatic carbocycles. The molecule has 3 rings (SSSR count). The quantitative estimate of drug-likeness (QED) is 0.432. The van der Waals surface area contributed by atoms with E-state index in [0.717, 1.165) is 10.5 Å². The summed E-state index contributed by atoms with van der Waals surface area (Å²) >= 11 is 3.09. The van der Waals surface area contributed by atoms with Gasteiger partial charge in [0.2, 0.25) is 5.91 Å². The molecule has 124 valence electrons. The molecule has 23 heavy (non-hydrogen) atoms. The molecule has 1 amide bonds. The lowest BCUT2D eigenvalue weighted by Gasteiger charge is -2.40. The fourth-order valence-electron chi connectivity index (χ4n) is 3.04. The zero-order chi connectivity index (χ0) is 17.0. The number of benzene rings is 1. The molecule has 8 heteroatoms. The first-order valence-corrected chi connectivity index (χ1v) is 9.56. The van der Waals surface area contributed by atoms with Crippen LogP contribution in [0.25, 0.3) is 0 Å². The molecule has 1 unspecified atom stereocenters. The number of hydrogen-bond donors (Lipinski definition) is 0. The zero-order valence-corrected chi connectivity index (χ0v) is 15.0. The smallest absolute Gasteiger partial charge is 0.330 e. The maximum absolute atomic E-state index is 12.6. The number of fused-ring (bicyclic) bond motifs is 1. The van der Waals surface area contributed by atoms with Crippen molar-refractivity contribution in [3.05, 3.63) is 35.9 Å². The minimum absolute atomic E-state index is 0.0384. The van der Waals surface area contributed by atoms with Crippen molar-refractivity contribution in [1.82, 2.24) is 4.90 Å². The first-order chi connectivity index (χ1) is 10.7. The third-order valence-corrected chi connectivity index (χ3v) is 8.52. The molecule has 0 bridgehead atoms. The van der Waals surface area contributed by atoms with Crippen LogP contribution in [0, 0.1) is 0 Å². The number of amides is 1. The monoisotopic (exact) mass is 401 g/mol. The third-order valence-electron chi connectivity index (χ3n) is 4.45. The van der Waals surface area contributed by atoms with Gasteiger partial charge in [-0.1, -0.05) is 46.3 Å². The van der Waals surface area contributed by atoms with Crippen molar-refractivity contribution in [1.29, 1.82) is 0 Å². The highest BCUT2D eigenvalue weighted by molar-refractivity contribution is 9.10. The van der Waals surface area contributed by atoms with Crippen LogP contribution in [0.4, 0.5) is 0 Å². The van der Waals surface area contributed by atoms with E-state index in [-0.39, 0.29) is 6.61 Å². The van der Waals surface area contributed by atoms with Gasteiger partial charge in [-0.3, -0.25) is 4.79 Å². The fourth-order valence-corrected chi connectivity index (χ4v) is 6.48. The van der Waals surface area contributed by atoms with E-state index in [9.17, 15) is 18.0 Å². The number of rotatable bonds is 3. The first kappa shape index (κ1) is 16.4. The van der Waals surface area contributed by atoms with Crippen LogP contribution < -0.4 is 0 Å². The van der Waals surface area contributed by atoms with Gasteiger partial charge in [0.05, 0.1) is 0 Å². The van der Waals surface area contributed by atoms with E-state index in [4.69, 9.17) is 4.74 Å². The van der Waals surface area contributed by atoms with Crippen molar-refractivity contribution in [2.24, 2.45) is 0 Å². The molecule has 6 nitrogen and oxygen atoms in total. The van der Waals surface area contributed by atoms with Crippen molar-refractivity contribution >= 4 is 37.6 Å². The van der Waals surface area contributed by atoms with Gasteiger partial charge >= 0.3 is 5.97 Å². The van der Waals surface area contributed by atoms with Crippen LogP contribution in [-0.2, 0) is 30.8 Å². The van der Waals surface area contributed by atoms with E-state index >= 15 is 0 Å². The van der Waals surface area contributed by atoms with Gasteiger partial charge in [-0.15, -0.1) is 0 Å². The lowest BCUT2D eigenvalue weighted by Crippen LogP contribution is -2.64. The summed E-state index contributed by atoms with van der Waals surface area (Å²) < 4.78 is 29.1. The number of ether oxygens (including phenoxy) is 1. The number of hydrogen-bond acceptors (Lipinski definition) is 5. The summed E-state index contributed by atoms with van der Waals surface area (Å²) in [6.45, 7) is 2.96. The van der Waals surface area contributed by atoms with E-state index in [1.54, 1.807) is 12.1 Å². The van der Waals surface area contributed by atoms with Gasteiger partial charge in [0.1, 0.15) is 22.2 Å². The van der Waals surface area contributed by atoms with Gasteiger partial charge in [0.25, 0.3) is 0 Å². The van der Waals surface area contributed by atoms with Gasteiger partial charge in [0.15, 0.2) is 15.2 Å². The second kappa shape index (κ2) is 5.31. The zero-order valence-electron chi connectivity index (χ0n) is 12.6. The van der Waals surface area contributed by atoms with Crippen LogP contribution in [0.1, 0.15) is 19.4 Å². The summed E-state index contributed by atoms with van der Waals surface area (Å²) in [5, 5.41) is -1.00. The van der Waals surface area contributed by atoms with Crippen molar-refractivity contribution in [2.45, 2.75) is 41.4 Å². The molecule has 1 aromatic carbocycles. The number of alkyl halides is 1. The number of β-lactam (4-membered cyclic amide) rings is 1. The van der Waals surface area contributed by atoms with Gasteiger partial charge < -0.3 is 9.64 Å². The van der Waals surface area contributed by atoms with Gasteiger partial charge in [-0.25, -0.2) is 13.2 Å². The van der Waals surface area contributed by atoms with Crippen LogP contribution in [0.15, 0.2) is 30.3 Å². The Morgan fingerprint density at radius 1 is 1.30 bits per heavy atom. The number of carbonyl (C=O) groups excluding carboxylic acids is 2. The summed E-state index contributed by atoms with van der Waals surface area (Å²) in [7, 11) is -3.67. The Morgan fingerprint density at radius 3 is 2.52 bits per heavy atom. The summed E-state index contributed by atoms with van der Waals surface area (Å²) in [6.07, 6.45) is 0. The molecular formula is C15H16BrNO5S. The lowest BCUT2D eigenvalue weighted by molar-refractivity contribution is -0.161. The molecule has 2 heterocycles. The van der Waals surface area contributed by atoms with E-state index in [1.807, 2.05) is 18.2 Å².